The molecule has 0 radical (unpaired) electrons. The van der Waals surface area contributed by atoms with Crippen molar-refractivity contribution < 1.29 is 4.74 Å². The summed E-state index contributed by atoms with van der Waals surface area (Å²) in [5.41, 5.74) is 12.4. The highest BCUT2D eigenvalue weighted by Gasteiger charge is 2.48. The van der Waals surface area contributed by atoms with Crippen molar-refractivity contribution in [1.82, 2.24) is 5.32 Å². The van der Waals surface area contributed by atoms with Crippen molar-refractivity contribution in [1.29, 1.82) is 0 Å². The van der Waals surface area contributed by atoms with Crippen molar-refractivity contribution in [2.75, 3.05) is 20.3 Å². The van der Waals surface area contributed by atoms with Crippen molar-refractivity contribution in [3.8, 4) is 22.3 Å². The van der Waals surface area contributed by atoms with E-state index < -0.39 is 0 Å². The molecular formula is C40H39NO. The van der Waals surface area contributed by atoms with Crippen LogP contribution >= 0.6 is 0 Å². The second kappa shape index (κ2) is 12.3. The van der Waals surface area contributed by atoms with Crippen LogP contribution in [0, 0.1) is 0 Å². The van der Waals surface area contributed by atoms with Gasteiger partial charge in [0, 0.05) is 18.6 Å². The third-order valence-corrected chi connectivity index (χ3v) is 8.57. The first-order valence-corrected chi connectivity index (χ1v) is 15.0. The van der Waals surface area contributed by atoms with Gasteiger partial charge < -0.3 is 10.1 Å². The lowest BCUT2D eigenvalue weighted by Gasteiger charge is -2.36. The standard InChI is InChI=1S/C40H39NO/c1-4-41-29(2)27-40(28-42-3)35-26-25-34(30-17-9-5-10-18-30)36(31-19-11-6-12-20-31)38(35)37(32-21-13-7-14-22-32)39(40)33-23-15-8-16-24-33/h5-26,29,41H,4,27-28H2,1-3H3. The number of hydrogen-bond acceptors (Lipinski definition) is 2. The Bertz CT molecular complexity index is 1660. The summed E-state index contributed by atoms with van der Waals surface area (Å²) in [6.45, 7) is 6.01. The Morgan fingerprint density at radius 3 is 1.69 bits per heavy atom. The fourth-order valence-electron chi connectivity index (χ4n) is 7.05. The Morgan fingerprint density at radius 1 is 0.619 bits per heavy atom. The Balaban J connectivity index is 1.80. The van der Waals surface area contributed by atoms with Crippen LogP contribution in [0.25, 0.3) is 33.4 Å². The average molecular weight is 550 g/mol. The van der Waals surface area contributed by atoms with Gasteiger partial charge in [0.15, 0.2) is 0 Å². The molecule has 2 heteroatoms. The molecule has 42 heavy (non-hydrogen) atoms. The van der Waals surface area contributed by atoms with Gasteiger partial charge in [0.1, 0.15) is 0 Å². The van der Waals surface area contributed by atoms with Crippen LogP contribution in [0.1, 0.15) is 42.5 Å². The van der Waals surface area contributed by atoms with E-state index in [1.54, 1.807) is 0 Å². The molecule has 0 fully saturated rings. The molecule has 5 aromatic carbocycles. The number of ether oxygens (including phenoxy) is 1. The molecule has 0 saturated heterocycles. The van der Waals surface area contributed by atoms with Crippen molar-refractivity contribution in [3.05, 3.63) is 156 Å². The molecule has 0 heterocycles. The van der Waals surface area contributed by atoms with E-state index in [1.165, 1.54) is 55.7 Å². The lowest BCUT2D eigenvalue weighted by atomic mass is 9.70. The minimum atomic E-state index is -0.350. The molecule has 0 bridgehead atoms. The van der Waals surface area contributed by atoms with Crippen molar-refractivity contribution >= 4 is 11.1 Å². The van der Waals surface area contributed by atoms with E-state index >= 15 is 0 Å². The van der Waals surface area contributed by atoms with E-state index in [9.17, 15) is 0 Å². The molecule has 0 saturated carbocycles. The third kappa shape index (κ3) is 5.02. The summed E-state index contributed by atoms with van der Waals surface area (Å²) < 4.78 is 6.20. The molecule has 1 N–H and O–H groups in total. The molecule has 0 spiro atoms. The van der Waals surface area contributed by atoms with E-state index in [0.717, 1.165) is 13.0 Å². The molecule has 0 aliphatic heterocycles. The molecule has 1 aliphatic carbocycles. The van der Waals surface area contributed by atoms with Gasteiger partial charge in [0.2, 0.25) is 0 Å². The SMILES string of the molecule is CCNC(C)CC1(COC)C(c2ccccc2)=C(c2ccccc2)c2c1ccc(-c1ccccc1)c2-c1ccccc1. The molecule has 0 amide bonds. The van der Waals surface area contributed by atoms with Crippen LogP contribution in [0.5, 0.6) is 0 Å². The van der Waals surface area contributed by atoms with Gasteiger partial charge in [-0.15, -0.1) is 0 Å². The minimum absolute atomic E-state index is 0.292. The fraction of sp³-hybridized carbons (Fsp3) is 0.200. The smallest absolute Gasteiger partial charge is 0.0601 e. The monoisotopic (exact) mass is 549 g/mol. The highest BCUT2D eigenvalue weighted by molar-refractivity contribution is 6.12. The molecule has 210 valence electrons. The molecular weight excluding hydrogens is 510 g/mol. The van der Waals surface area contributed by atoms with Crippen LogP contribution in [0.3, 0.4) is 0 Å². The van der Waals surface area contributed by atoms with Gasteiger partial charge in [0.25, 0.3) is 0 Å². The number of fused-ring (bicyclic) bond motifs is 1. The lowest BCUT2D eigenvalue weighted by Crippen LogP contribution is -2.39. The second-order valence-electron chi connectivity index (χ2n) is 11.3. The zero-order chi connectivity index (χ0) is 28.9. The first kappa shape index (κ1) is 27.9. The molecule has 1 aliphatic rings. The summed E-state index contributed by atoms with van der Waals surface area (Å²) in [5, 5.41) is 3.72. The van der Waals surface area contributed by atoms with Crippen molar-refractivity contribution in [3.63, 3.8) is 0 Å². The summed E-state index contributed by atoms with van der Waals surface area (Å²) in [4.78, 5) is 0. The Kier molecular flexibility index (Phi) is 8.19. The quantitative estimate of drug-likeness (QED) is 0.187. The first-order chi connectivity index (χ1) is 20.7. The molecule has 6 rings (SSSR count). The van der Waals surface area contributed by atoms with Crippen LogP contribution < -0.4 is 5.32 Å². The molecule has 0 aromatic heterocycles. The van der Waals surface area contributed by atoms with E-state index in [2.05, 4.69) is 153 Å². The summed E-state index contributed by atoms with van der Waals surface area (Å²) in [5.74, 6) is 0. The predicted octanol–water partition coefficient (Wildman–Crippen LogP) is 9.27. The van der Waals surface area contributed by atoms with Gasteiger partial charge in [-0.25, -0.2) is 0 Å². The second-order valence-corrected chi connectivity index (χ2v) is 11.3. The van der Waals surface area contributed by atoms with Gasteiger partial charge in [-0.2, -0.15) is 0 Å². The highest BCUT2D eigenvalue weighted by atomic mass is 16.5. The number of hydrogen-bond donors (Lipinski definition) is 1. The maximum absolute atomic E-state index is 6.20. The summed E-state index contributed by atoms with van der Waals surface area (Å²) in [6.07, 6.45) is 0.918. The topological polar surface area (TPSA) is 21.3 Å². The van der Waals surface area contributed by atoms with E-state index in [1.807, 2.05) is 7.11 Å². The molecule has 5 aromatic rings. The summed E-state index contributed by atoms with van der Waals surface area (Å²) in [7, 11) is 1.85. The number of methoxy groups -OCH3 is 1. The zero-order valence-corrected chi connectivity index (χ0v) is 24.8. The predicted molar refractivity (Wildman–Crippen MR) is 177 cm³/mol. The van der Waals surface area contributed by atoms with Crippen LogP contribution in [0.2, 0.25) is 0 Å². The third-order valence-electron chi connectivity index (χ3n) is 8.57. The van der Waals surface area contributed by atoms with Crippen LogP contribution in [-0.4, -0.2) is 26.3 Å². The van der Waals surface area contributed by atoms with E-state index in [0.29, 0.717) is 12.6 Å². The average Bonchev–Trinajstić information content (AvgIpc) is 3.32. The largest absolute Gasteiger partial charge is 0.383 e. The zero-order valence-electron chi connectivity index (χ0n) is 24.8. The highest BCUT2D eigenvalue weighted by Crippen LogP contribution is 2.59. The molecule has 2 nitrogen and oxygen atoms in total. The Morgan fingerprint density at radius 2 is 1.14 bits per heavy atom. The van der Waals surface area contributed by atoms with Crippen molar-refractivity contribution in [2.45, 2.75) is 31.7 Å². The van der Waals surface area contributed by atoms with Crippen LogP contribution in [0.4, 0.5) is 0 Å². The minimum Gasteiger partial charge on any atom is -0.383 e. The Labute approximate surface area is 250 Å². The number of rotatable bonds is 10. The van der Waals surface area contributed by atoms with E-state index in [-0.39, 0.29) is 5.41 Å². The van der Waals surface area contributed by atoms with Gasteiger partial charge in [0.05, 0.1) is 6.61 Å². The molecule has 2 atom stereocenters. The maximum atomic E-state index is 6.20. The summed E-state index contributed by atoms with van der Waals surface area (Å²) in [6, 6.07) is 48.7. The summed E-state index contributed by atoms with van der Waals surface area (Å²) >= 11 is 0. The van der Waals surface area contributed by atoms with Gasteiger partial charge in [-0.1, -0.05) is 140 Å². The maximum Gasteiger partial charge on any atom is 0.0601 e. The van der Waals surface area contributed by atoms with Crippen LogP contribution in [-0.2, 0) is 10.2 Å². The van der Waals surface area contributed by atoms with Gasteiger partial charge in [-0.3, -0.25) is 0 Å². The fourth-order valence-corrected chi connectivity index (χ4v) is 7.05. The van der Waals surface area contributed by atoms with E-state index in [4.69, 9.17) is 4.74 Å². The Hall–Kier alpha value is -4.24. The van der Waals surface area contributed by atoms with Gasteiger partial charge in [-0.05, 0) is 75.5 Å². The number of benzene rings is 5. The van der Waals surface area contributed by atoms with Gasteiger partial charge >= 0.3 is 0 Å². The van der Waals surface area contributed by atoms with Crippen LogP contribution in [0.15, 0.2) is 133 Å². The normalized spacial score (nSPS) is 16.8. The molecule has 2 unspecified atom stereocenters. The van der Waals surface area contributed by atoms with Crippen molar-refractivity contribution in [2.24, 2.45) is 0 Å². The first-order valence-electron chi connectivity index (χ1n) is 15.0. The number of nitrogens with one attached hydrogen (secondary N) is 1. The lowest BCUT2D eigenvalue weighted by molar-refractivity contribution is 0.146.